The standard InChI is InChI=1S/C23H28N4O4S/c1-17-16-21(18(2)15-20(17)30-3)32(28,29)27-13-11-26(12-14-27)10-9-22-24-25-23(31-22)19-7-5-4-6-8-19/h4-8,15-16H,9-14H2,1-3H3. The van der Waals surface area contributed by atoms with Crippen LogP contribution in [-0.4, -0.2) is 67.7 Å². The minimum Gasteiger partial charge on any atom is -0.496 e. The third kappa shape index (κ3) is 4.69. The molecule has 32 heavy (non-hydrogen) atoms. The van der Waals surface area contributed by atoms with Gasteiger partial charge in [0.2, 0.25) is 21.8 Å². The Morgan fingerprint density at radius 1 is 1.00 bits per heavy atom. The molecule has 1 aliphatic rings. The molecule has 9 heteroatoms. The first kappa shape index (κ1) is 22.4. The van der Waals surface area contributed by atoms with Crippen molar-refractivity contribution in [2.24, 2.45) is 0 Å². The number of aryl methyl sites for hydroxylation is 2. The van der Waals surface area contributed by atoms with Crippen LogP contribution in [0.2, 0.25) is 0 Å². The molecule has 1 aromatic heterocycles. The number of nitrogens with zero attached hydrogens (tertiary/aromatic N) is 4. The summed E-state index contributed by atoms with van der Waals surface area (Å²) >= 11 is 0. The fourth-order valence-corrected chi connectivity index (χ4v) is 5.61. The minimum absolute atomic E-state index is 0.351. The van der Waals surface area contributed by atoms with E-state index in [1.165, 1.54) is 0 Å². The largest absolute Gasteiger partial charge is 0.496 e. The highest BCUT2D eigenvalue weighted by molar-refractivity contribution is 7.89. The Labute approximate surface area is 188 Å². The second-order valence-corrected chi connectivity index (χ2v) is 9.86. The number of rotatable bonds is 7. The summed E-state index contributed by atoms with van der Waals surface area (Å²) in [7, 11) is -1.96. The van der Waals surface area contributed by atoms with Gasteiger partial charge in [0, 0.05) is 44.7 Å². The van der Waals surface area contributed by atoms with E-state index in [2.05, 4.69) is 15.1 Å². The van der Waals surface area contributed by atoms with Gasteiger partial charge in [-0.3, -0.25) is 0 Å². The van der Waals surface area contributed by atoms with Crippen molar-refractivity contribution in [3.05, 3.63) is 59.5 Å². The monoisotopic (exact) mass is 456 g/mol. The highest BCUT2D eigenvalue weighted by Crippen LogP contribution is 2.28. The summed E-state index contributed by atoms with van der Waals surface area (Å²) < 4.78 is 39.1. The van der Waals surface area contributed by atoms with Gasteiger partial charge in [0.05, 0.1) is 12.0 Å². The number of benzene rings is 2. The molecule has 4 rings (SSSR count). The Morgan fingerprint density at radius 2 is 1.72 bits per heavy atom. The molecule has 1 fully saturated rings. The van der Waals surface area contributed by atoms with E-state index >= 15 is 0 Å². The summed E-state index contributed by atoms with van der Waals surface area (Å²) in [6.45, 7) is 6.62. The van der Waals surface area contributed by atoms with E-state index in [-0.39, 0.29) is 0 Å². The van der Waals surface area contributed by atoms with Gasteiger partial charge in [-0.05, 0) is 49.2 Å². The zero-order valence-corrected chi connectivity index (χ0v) is 19.4. The van der Waals surface area contributed by atoms with Crippen LogP contribution in [0.25, 0.3) is 11.5 Å². The molecule has 0 spiro atoms. The number of hydrogen-bond donors (Lipinski definition) is 0. The Balaban J connectivity index is 1.34. The third-order valence-corrected chi connectivity index (χ3v) is 7.81. The van der Waals surface area contributed by atoms with Gasteiger partial charge in [-0.25, -0.2) is 8.42 Å². The van der Waals surface area contributed by atoms with Crippen molar-refractivity contribution in [1.82, 2.24) is 19.4 Å². The second kappa shape index (κ2) is 9.40. The number of methoxy groups -OCH3 is 1. The van der Waals surface area contributed by atoms with E-state index in [1.54, 1.807) is 30.5 Å². The fraction of sp³-hybridized carbons (Fsp3) is 0.391. The van der Waals surface area contributed by atoms with Crippen LogP contribution in [0.3, 0.4) is 0 Å². The molecule has 0 unspecified atom stereocenters. The van der Waals surface area contributed by atoms with Gasteiger partial charge in [-0.2, -0.15) is 4.31 Å². The second-order valence-electron chi connectivity index (χ2n) is 7.95. The molecule has 0 amide bonds. The van der Waals surface area contributed by atoms with Crippen molar-refractivity contribution in [2.45, 2.75) is 25.2 Å². The van der Waals surface area contributed by atoms with Crippen LogP contribution < -0.4 is 4.74 Å². The van der Waals surface area contributed by atoms with Gasteiger partial charge in [0.1, 0.15) is 5.75 Å². The first-order valence-electron chi connectivity index (χ1n) is 10.6. The molecule has 1 aliphatic heterocycles. The van der Waals surface area contributed by atoms with E-state index in [9.17, 15) is 8.42 Å². The summed E-state index contributed by atoms with van der Waals surface area (Å²) in [5.74, 6) is 1.80. The van der Waals surface area contributed by atoms with E-state index in [4.69, 9.17) is 9.15 Å². The minimum atomic E-state index is -3.55. The quantitative estimate of drug-likeness (QED) is 0.540. The number of ether oxygens (including phenoxy) is 1. The number of aromatic nitrogens is 2. The molecule has 0 saturated carbocycles. The van der Waals surface area contributed by atoms with Gasteiger partial charge >= 0.3 is 0 Å². The molecule has 0 bridgehead atoms. The molecule has 2 aromatic carbocycles. The maximum absolute atomic E-state index is 13.2. The molecule has 170 valence electrons. The van der Waals surface area contributed by atoms with Crippen LogP contribution in [0, 0.1) is 13.8 Å². The lowest BCUT2D eigenvalue weighted by Crippen LogP contribution is -2.49. The molecule has 0 atom stereocenters. The Kier molecular flexibility index (Phi) is 6.59. The normalized spacial score (nSPS) is 15.7. The molecule has 1 saturated heterocycles. The lowest BCUT2D eigenvalue weighted by molar-refractivity contribution is 0.187. The highest BCUT2D eigenvalue weighted by atomic mass is 32.2. The first-order valence-corrected chi connectivity index (χ1v) is 12.1. The number of sulfonamides is 1. The zero-order chi connectivity index (χ0) is 22.7. The van der Waals surface area contributed by atoms with E-state index in [1.807, 2.05) is 37.3 Å². The van der Waals surface area contributed by atoms with Gasteiger partial charge in [0.25, 0.3) is 0 Å². The van der Waals surface area contributed by atoms with Crippen molar-refractivity contribution in [3.63, 3.8) is 0 Å². The maximum atomic E-state index is 13.2. The van der Waals surface area contributed by atoms with Gasteiger partial charge < -0.3 is 14.1 Å². The Bertz CT molecular complexity index is 1170. The third-order valence-electron chi connectivity index (χ3n) is 5.77. The van der Waals surface area contributed by atoms with E-state index in [0.717, 1.165) is 17.7 Å². The van der Waals surface area contributed by atoms with Crippen LogP contribution >= 0.6 is 0 Å². The maximum Gasteiger partial charge on any atom is 0.247 e. The Morgan fingerprint density at radius 3 is 2.41 bits per heavy atom. The molecular weight excluding hydrogens is 428 g/mol. The number of piperazine rings is 1. The van der Waals surface area contributed by atoms with Crippen molar-refractivity contribution in [3.8, 4) is 17.2 Å². The summed E-state index contributed by atoms with van der Waals surface area (Å²) in [6, 6.07) is 13.2. The molecular formula is C23H28N4O4S. The molecule has 2 heterocycles. The highest BCUT2D eigenvalue weighted by Gasteiger charge is 2.30. The molecule has 0 N–H and O–H groups in total. The lowest BCUT2D eigenvalue weighted by Gasteiger charge is -2.34. The van der Waals surface area contributed by atoms with Gasteiger partial charge in [-0.1, -0.05) is 18.2 Å². The molecule has 8 nitrogen and oxygen atoms in total. The van der Waals surface area contributed by atoms with Crippen molar-refractivity contribution in [1.29, 1.82) is 0 Å². The van der Waals surface area contributed by atoms with Crippen LogP contribution in [-0.2, 0) is 16.4 Å². The van der Waals surface area contributed by atoms with Crippen LogP contribution in [0.1, 0.15) is 17.0 Å². The van der Waals surface area contributed by atoms with Gasteiger partial charge in [0.15, 0.2) is 0 Å². The predicted molar refractivity (Wildman–Crippen MR) is 121 cm³/mol. The predicted octanol–water partition coefficient (Wildman–Crippen LogP) is 2.91. The summed E-state index contributed by atoms with van der Waals surface area (Å²) in [4.78, 5) is 2.58. The van der Waals surface area contributed by atoms with Crippen LogP contribution in [0.15, 0.2) is 51.8 Å². The average molecular weight is 457 g/mol. The Hall–Kier alpha value is -2.75. The molecule has 0 radical (unpaired) electrons. The summed E-state index contributed by atoms with van der Waals surface area (Å²) in [6.07, 6.45) is 0.628. The topological polar surface area (TPSA) is 88.8 Å². The zero-order valence-electron chi connectivity index (χ0n) is 18.6. The van der Waals surface area contributed by atoms with E-state index in [0.29, 0.717) is 60.6 Å². The van der Waals surface area contributed by atoms with Gasteiger partial charge in [-0.15, -0.1) is 10.2 Å². The lowest BCUT2D eigenvalue weighted by atomic mass is 10.1. The number of hydrogen-bond acceptors (Lipinski definition) is 7. The van der Waals surface area contributed by atoms with Crippen LogP contribution in [0.5, 0.6) is 5.75 Å². The van der Waals surface area contributed by atoms with Crippen molar-refractivity contribution in [2.75, 3.05) is 39.8 Å². The summed E-state index contributed by atoms with van der Waals surface area (Å²) in [5.41, 5.74) is 2.40. The van der Waals surface area contributed by atoms with Crippen LogP contribution in [0.4, 0.5) is 0 Å². The smallest absolute Gasteiger partial charge is 0.247 e. The van der Waals surface area contributed by atoms with Crippen molar-refractivity contribution >= 4 is 10.0 Å². The SMILES string of the molecule is COc1cc(C)c(S(=O)(=O)N2CCN(CCc3nnc(-c4ccccc4)o3)CC2)cc1C. The van der Waals surface area contributed by atoms with Crippen molar-refractivity contribution < 1.29 is 17.6 Å². The fourth-order valence-electron chi connectivity index (χ4n) is 3.90. The first-order chi connectivity index (χ1) is 15.4. The molecule has 0 aliphatic carbocycles. The average Bonchev–Trinajstić information content (AvgIpc) is 3.29. The summed E-state index contributed by atoms with van der Waals surface area (Å²) in [5, 5.41) is 8.27. The van der Waals surface area contributed by atoms with E-state index < -0.39 is 10.0 Å². The molecule has 3 aromatic rings.